The van der Waals surface area contributed by atoms with Crippen LogP contribution < -0.4 is 14.4 Å². The van der Waals surface area contributed by atoms with Crippen LogP contribution in [0.4, 0.5) is 5.69 Å². The Kier molecular flexibility index (Phi) is 7.12. The first-order valence-electron chi connectivity index (χ1n) is 11.4. The molecule has 1 saturated heterocycles. The predicted octanol–water partition coefficient (Wildman–Crippen LogP) is 6.07. The maximum absolute atomic E-state index is 13.4. The summed E-state index contributed by atoms with van der Waals surface area (Å²) in [5, 5.41) is 11.6. The monoisotopic (exact) mass is 491 g/mol. The molecule has 1 aliphatic heterocycles. The maximum atomic E-state index is 13.4. The van der Waals surface area contributed by atoms with Crippen LogP contribution in [0.1, 0.15) is 36.6 Å². The zero-order chi connectivity index (χ0) is 25.1. The molecule has 7 heteroatoms. The molecule has 6 nitrogen and oxygen atoms in total. The van der Waals surface area contributed by atoms with E-state index in [2.05, 4.69) is 0 Å². The molecule has 1 heterocycles. The predicted molar refractivity (Wildman–Crippen MR) is 136 cm³/mol. The summed E-state index contributed by atoms with van der Waals surface area (Å²) in [6, 6.07) is 18.4. The van der Waals surface area contributed by atoms with Crippen LogP contribution >= 0.6 is 11.6 Å². The molecule has 0 bridgehead atoms. The molecular formula is C28H26ClNO5. The highest BCUT2D eigenvalue weighted by Crippen LogP contribution is 2.44. The van der Waals surface area contributed by atoms with Gasteiger partial charge in [-0.1, -0.05) is 41.4 Å². The van der Waals surface area contributed by atoms with E-state index in [-0.39, 0.29) is 21.9 Å². The van der Waals surface area contributed by atoms with Gasteiger partial charge in [-0.25, -0.2) is 0 Å². The second-order valence-electron chi connectivity index (χ2n) is 8.08. The van der Waals surface area contributed by atoms with Crippen LogP contribution in [0, 0.1) is 6.92 Å². The van der Waals surface area contributed by atoms with E-state index in [0.717, 1.165) is 5.56 Å². The number of Topliss-reactive ketones (excluding diaryl/α,β-unsaturated/α-hetero) is 1. The topological polar surface area (TPSA) is 76.1 Å². The SMILES string of the molecule is CCOc1cccc(C2/C(=C(\O)c3cc(OCC)ccc3Cl)C(=O)C(=O)N2c2ccc(C)cc2)c1. The van der Waals surface area contributed by atoms with Gasteiger partial charge in [0.15, 0.2) is 0 Å². The number of ether oxygens (including phenoxy) is 2. The fraction of sp³-hybridized carbons (Fsp3) is 0.214. The summed E-state index contributed by atoms with van der Waals surface area (Å²) in [7, 11) is 0. The lowest BCUT2D eigenvalue weighted by Crippen LogP contribution is -2.29. The number of benzene rings is 3. The van der Waals surface area contributed by atoms with Crippen LogP contribution in [0.15, 0.2) is 72.3 Å². The quantitative estimate of drug-likeness (QED) is 0.246. The van der Waals surface area contributed by atoms with Gasteiger partial charge in [0.1, 0.15) is 17.3 Å². The van der Waals surface area contributed by atoms with E-state index >= 15 is 0 Å². The van der Waals surface area contributed by atoms with Gasteiger partial charge in [-0.3, -0.25) is 14.5 Å². The largest absolute Gasteiger partial charge is 0.507 e. The van der Waals surface area contributed by atoms with Crippen molar-refractivity contribution in [2.75, 3.05) is 18.1 Å². The average molecular weight is 492 g/mol. The molecule has 1 atom stereocenters. The van der Waals surface area contributed by atoms with Gasteiger partial charge in [0.05, 0.1) is 29.9 Å². The Morgan fingerprint density at radius 3 is 2.26 bits per heavy atom. The highest BCUT2D eigenvalue weighted by Gasteiger charge is 2.47. The van der Waals surface area contributed by atoms with Gasteiger partial charge in [0.2, 0.25) is 0 Å². The van der Waals surface area contributed by atoms with Crippen molar-refractivity contribution >= 4 is 34.7 Å². The number of halogens is 1. The smallest absolute Gasteiger partial charge is 0.300 e. The minimum Gasteiger partial charge on any atom is -0.507 e. The normalized spacial score (nSPS) is 17.0. The van der Waals surface area contributed by atoms with Crippen LogP contribution in [0.5, 0.6) is 11.5 Å². The molecule has 3 aromatic carbocycles. The van der Waals surface area contributed by atoms with E-state index in [1.807, 2.05) is 32.9 Å². The number of rotatable bonds is 7. The molecule has 35 heavy (non-hydrogen) atoms. The van der Waals surface area contributed by atoms with E-state index in [1.165, 1.54) is 4.90 Å². The first-order valence-corrected chi connectivity index (χ1v) is 11.8. The summed E-state index contributed by atoms with van der Waals surface area (Å²) in [6.07, 6.45) is 0. The molecule has 0 radical (unpaired) electrons. The van der Waals surface area contributed by atoms with Gasteiger partial charge in [-0.15, -0.1) is 0 Å². The number of amides is 1. The Bertz CT molecular complexity index is 1300. The lowest BCUT2D eigenvalue weighted by atomic mass is 9.94. The van der Waals surface area contributed by atoms with Gasteiger partial charge in [-0.2, -0.15) is 0 Å². The maximum Gasteiger partial charge on any atom is 0.300 e. The molecule has 4 rings (SSSR count). The second-order valence-corrected chi connectivity index (χ2v) is 8.49. The lowest BCUT2D eigenvalue weighted by Gasteiger charge is -2.26. The Morgan fingerprint density at radius 2 is 1.60 bits per heavy atom. The Morgan fingerprint density at radius 1 is 0.943 bits per heavy atom. The number of nitrogens with zero attached hydrogens (tertiary/aromatic N) is 1. The standard InChI is InChI=1S/C28H26ClNO5/c1-4-34-20-8-6-7-18(15-20)25-24(26(31)22-16-21(35-5-2)13-14-23(22)29)27(32)28(33)30(25)19-11-9-17(3)10-12-19/h6-16,25,31H,4-5H2,1-3H3/b26-24+. The third-order valence-electron chi connectivity index (χ3n) is 5.75. The van der Waals surface area contributed by atoms with Crippen molar-refractivity contribution in [3.63, 3.8) is 0 Å². The minimum atomic E-state index is -0.884. The van der Waals surface area contributed by atoms with E-state index in [0.29, 0.717) is 36.0 Å². The molecule has 3 aromatic rings. The van der Waals surface area contributed by atoms with Crippen molar-refractivity contribution in [1.29, 1.82) is 0 Å². The van der Waals surface area contributed by atoms with E-state index < -0.39 is 17.7 Å². The summed E-state index contributed by atoms with van der Waals surface area (Å²) in [5.74, 6) is -0.819. The van der Waals surface area contributed by atoms with Crippen LogP contribution in [0.25, 0.3) is 5.76 Å². The van der Waals surface area contributed by atoms with Crippen molar-refractivity contribution in [2.45, 2.75) is 26.8 Å². The van der Waals surface area contributed by atoms with Crippen LogP contribution in [-0.2, 0) is 9.59 Å². The van der Waals surface area contributed by atoms with Crippen molar-refractivity contribution in [3.05, 3.63) is 94.0 Å². The van der Waals surface area contributed by atoms with Crippen molar-refractivity contribution in [2.24, 2.45) is 0 Å². The second kappa shape index (κ2) is 10.2. The Balaban J connectivity index is 1.95. The number of aliphatic hydroxyl groups is 1. The van der Waals surface area contributed by atoms with Gasteiger partial charge in [0.25, 0.3) is 11.7 Å². The summed E-state index contributed by atoms with van der Waals surface area (Å²) in [6.45, 7) is 6.53. The summed E-state index contributed by atoms with van der Waals surface area (Å²) in [4.78, 5) is 28.1. The number of hydrogen-bond donors (Lipinski definition) is 1. The van der Waals surface area contributed by atoms with Crippen LogP contribution in [0.3, 0.4) is 0 Å². The number of hydrogen-bond acceptors (Lipinski definition) is 5. The summed E-state index contributed by atoms with van der Waals surface area (Å²) < 4.78 is 11.2. The first-order chi connectivity index (χ1) is 16.8. The van der Waals surface area contributed by atoms with Gasteiger partial charge >= 0.3 is 0 Å². The number of ketones is 1. The molecule has 1 fully saturated rings. The molecule has 180 valence electrons. The molecule has 1 amide bonds. The van der Waals surface area contributed by atoms with Gasteiger partial charge in [0, 0.05) is 11.3 Å². The molecule has 1 unspecified atom stereocenters. The lowest BCUT2D eigenvalue weighted by molar-refractivity contribution is -0.132. The van der Waals surface area contributed by atoms with Gasteiger partial charge < -0.3 is 14.6 Å². The molecule has 0 saturated carbocycles. The first kappa shape index (κ1) is 24.4. The Labute approximate surface area is 209 Å². The number of carbonyl (C=O) groups excluding carboxylic acids is 2. The molecule has 0 aliphatic carbocycles. The highest BCUT2D eigenvalue weighted by molar-refractivity contribution is 6.52. The molecular weight excluding hydrogens is 466 g/mol. The minimum absolute atomic E-state index is 0.0558. The summed E-state index contributed by atoms with van der Waals surface area (Å²) >= 11 is 6.41. The highest BCUT2D eigenvalue weighted by atomic mass is 35.5. The molecule has 0 spiro atoms. The summed E-state index contributed by atoms with van der Waals surface area (Å²) in [5.41, 5.74) is 2.33. The van der Waals surface area contributed by atoms with Crippen molar-refractivity contribution in [1.82, 2.24) is 0 Å². The van der Waals surface area contributed by atoms with Gasteiger partial charge in [-0.05, 0) is 68.8 Å². The van der Waals surface area contributed by atoms with E-state index in [9.17, 15) is 14.7 Å². The third-order valence-corrected chi connectivity index (χ3v) is 6.07. The zero-order valence-corrected chi connectivity index (χ0v) is 20.5. The van der Waals surface area contributed by atoms with E-state index in [4.69, 9.17) is 21.1 Å². The number of aliphatic hydroxyl groups excluding tert-OH is 1. The molecule has 1 aliphatic rings. The fourth-order valence-electron chi connectivity index (χ4n) is 4.15. The van der Waals surface area contributed by atoms with Crippen molar-refractivity contribution < 1.29 is 24.2 Å². The van der Waals surface area contributed by atoms with Crippen LogP contribution in [-0.4, -0.2) is 30.0 Å². The molecule has 0 aromatic heterocycles. The fourth-order valence-corrected chi connectivity index (χ4v) is 4.36. The number of aryl methyl sites for hydroxylation is 1. The average Bonchev–Trinajstić information content (AvgIpc) is 3.11. The number of carbonyl (C=O) groups is 2. The number of anilines is 1. The van der Waals surface area contributed by atoms with Crippen LogP contribution in [0.2, 0.25) is 5.02 Å². The van der Waals surface area contributed by atoms with Crippen molar-refractivity contribution in [3.8, 4) is 11.5 Å². The van der Waals surface area contributed by atoms with E-state index in [1.54, 1.807) is 54.6 Å². The zero-order valence-electron chi connectivity index (χ0n) is 19.7. The third kappa shape index (κ3) is 4.75. The Hall–Kier alpha value is -3.77. The molecule has 1 N–H and O–H groups in total.